The summed E-state index contributed by atoms with van der Waals surface area (Å²) < 4.78 is 0. The molecule has 2 heterocycles. The van der Waals surface area contributed by atoms with Gasteiger partial charge in [0.05, 0.1) is 0 Å². The molecule has 1 aromatic rings. The monoisotopic (exact) mass is 233 g/mol. The first-order valence-corrected chi connectivity index (χ1v) is 6.37. The van der Waals surface area contributed by atoms with Crippen LogP contribution in [0.2, 0.25) is 0 Å². The Morgan fingerprint density at radius 2 is 2.00 bits per heavy atom. The van der Waals surface area contributed by atoms with Crippen LogP contribution in [0.4, 0.5) is 11.8 Å². The highest BCUT2D eigenvalue weighted by atomic mass is 15.3. The van der Waals surface area contributed by atoms with Gasteiger partial charge in [0.25, 0.3) is 0 Å². The van der Waals surface area contributed by atoms with E-state index >= 15 is 0 Å². The fourth-order valence-electron chi connectivity index (χ4n) is 2.37. The molecule has 3 rings (SSSR count). The summed E-state index contributed by atoms with van der Waals surface area (Å²) in [4.78, 5) is 13.1. The minimum absolute atomic E-state index is 0.364. The zero-order chi connectivity index (χ0) is 11.7. The second-order valence-corrected chi connectivity index (χ2v) is 5.00. The van der Waals surface area contributed by atoms with Crippen LogP contribution in [0.25, 0.3) is 0 Å². The van der Waals surface area contributed by atoms with Crippen molar-refractivity contribution in [2.24, 2.45) is 5.92 Å². The molecule has 1 aliphatic carbocycles. The number of anilines is 2. The number of nitrogen functional groups attached to an aromatic ring is 1. The fraction of sp³-hybridized carbons (Fsp3) is 0.667. The molecule has 0 aromatic carbocycles. The second kappa shape index (κ2) is 4.49. The van der Waals surface area contributed by atoms with Crippen LogP contribution in [0.15, 0.2) is 12.3 Å². The quantitative estimate of drug-likeness (QED) is 0.828. The molecule has 0 radical (unpaired) electrons. The van der Waals surface area contributed by atoms with Crippen LogP contribution >= 0.6 is 0 Å². The van der Waals surface area contributed by atoms with Crippen LogP contribution in [-0.2, 0) is 0 Å². The average molecular weight is 233 g/mol. The summed E-state index contributed by atoms with van der Waals surface area (Å²) in [5.74, 6) is 2.31. The van der Waals surface area contributed by atoms with E-state index in [1.807, 2.05) is 6.07 Å². The van der Waals surface area contributed by atoms with Gasteiger partial charge in [-0.25, -0.2) is 4.98 Å². The van der Waals surface area contributed by atoms with Gasteiger partial charge in [-0.2, -0.15) is 4.98 Å². The standard InChI is InChI=1S/C12H19N5/c13-12-14-4-3-11(15-12)17-7-5-16(6-8-17)9-10-1-2-10/h3-4,10H,1-2,5-9H2,(H2,13,14,15). The summed E-state index contributed by atoms with van der Waals surface area (Å²) in [7, 11) is 0. The molecule has 2 N–H and O–H groups in total. The van der Waals surface area contributed by atoms with Crippen molar-refractivity contribution in [2.75, 3.05) is 43.4 Å². The van der Waals surface area contributed by atoms with Crippen molar-refractivity contribution in [1.82, 2.24) is 14.9 Å². The topological polar surface area (TPSA) is 58.3 Å². The largest absolute Gasteiger partial charge is 0.368 e. The third kappa shape index (κ3) is 2.66. The van der Waals surface area contributed by atoms with E-state index in [0.717, 1.165) is 37.9 Å². The predicted octanol–water partition coefficient (Wildman–Crippen LogP) is 0.591. The lowest BCUT2D eigenvalue weighted by molar-refractivity contribution is 0.247. The van der Waals surface area contributed by atoms with Crippen LogP contribution in [0.1, 0.15) is 12.8 Å². The molecule has 2 aliphatic rings. The van der Waals surface area contributed by atoms with E-state index in [1.165, 1.54) is 19.4 Å². The number of hydrogen-bond donors (Lipinski definition) is 1. The van der Waals surface area contributed by atoms with Crippen molar-refractivity contribution in [2.45, 2.75) is 12.8 Å². The lowest BCUT2D eigenvalue weighted by Gasteiger charge is -2.35. The molecule has 5 heteroatoms. The van der Waals surface area contributed by atoms with E-state index in [0.29, 0.717) is 5.95 Å². The molecule has 0 atom stereocenters. The zero-order valence-electron chi connectivity index (χ0n) is 10.0. The maximum absolute atomic E-state index is 5.61. The number of rotatable bonds is 3. The maximum Gasteiger partial charge on any atom is 0.221 e. The maximum atomic E-state index is 5.61. The van der Waals surface area contributed by atoms with E-state index in [4.69, 9.17) is 5.73 Å². The highest BCUT2D eigenvalue weighted by Crippen LogP contribution is 2.30. The van der Waals surface area contributed by atoms with Crippen molar-refractivity contribution in [1.29, 1.82) is 0 Å². The minimum Gasteiger partial charge on any atom is -0.368 e. The molecule has 2 fully saturated rings. The molecule has 0 amide bonds. The molecule has 0 spiro atoms. The van der Waals surface area contributed by atoms with Gasteiger partial charge < -0.3 is 10.6 Å². The van der Waals surface area contributed by atoms with E-state index in [1.54, 1.807) is 6.20 Å². The number of aromatic nitrogens is 2. The van der Waals surface area contributed by atoms with E-state index in [-0.39, 0.29) is 0 Å². The molecule has 17 heavy (non-hydrogen) atoms. The molecule has 5 nitrogen and oxygen atoms in total. The van der Waals surface area contributed by atoms with Crippen molar-refractivity contribution < 1.29 is 0 Å². The average Bonchev–Trinajstić information content (AvgIpc) is 3.14. The summed E-state index contributed by atoms with van der Waals surface area (Å²) >= 11 is 0. The Morgan fingerprint density at radius 1 is 1.24 bits per heavy atom. The van der Waals surface area contributed by atoms with Gasteiger partial charge in [-0.3, -0.25) is 4.90 Å². The number of nitrogens with zero attached hydrogens (tertiary/aromatic N) is 4. The van der Waals surface area contributed by atoms with Gasteiger partial charge >= 0.3 is 0 Å². The highest BCUT2D eigenvalue weighted by molar-refractivity contribution is 5.41. The normalized spacial score (nSPS) is 21.8. The predicted molar refractivity (Wildman–Crippen MR) is 67.8 cm³/mol. The highest BCUT2D eigenvalue weighted by Gasteiger charge is 2.26. The van der Waals surface area contributed by atoms with Crippen LogP contribution in [0.5, 0.6) is 0 Å². The van der Waals surface area contributed by atoms with Gasteiger partial charge in [0.15, 0.2) is 0 Å². The van der Waals surface area contributed by atoms with E-state index in [9.17, 15) is 0 Å². The minimum atomic E-state index is 0.364. The lowest BCUT2D eigenvalue weighted by Crippen LogP contribution is -2.47. The van der Waals surface area contributed by atoms with Crippen molar-refractivity contribution in [3.05, 3.63) is 12.3 Å². The van der Waals surface area contributed by atoms with Gasteiger partial charge in [-0.1, -0.05) is 0 Å². The van der Waals surface area contributed by atoms with Crippen molar-refractivity contribution in [3.63, 3.8) is 0 Å². The molecule has 1 saturated heterocycles. The molecule has 0 bridgehead atoms. The summed E-state index contributed by atoms with van der Waals surface area (Å²) in [5.41, 5.74) is 5.61. The van der Waals surface area contributed by atoms with Crippen LogP contribution in [-0.4, -0.2) is 47.6 Å². The van der Waals surface area contributed by atoms with Gasteiger partial charge in [0.1, 0.15) is 5.82 Å². The van der Waals surface area contributed by atoms with Gasteiger partial charge in [0.2, 0.25) is 5.95 Å². The smallest absolute Gasteiger partial charge is 0.221 e. The lowest BCUT2D eigenvalue weighted by atomic mass is 10.3. The Hall–Kier alpha value is -1.36. The fourth-order valence-corrected chi connectivity index (χ4v) is 2.37. The molecule has 92 valence electrons. The second-order valence-electron chi connectivity index (χ2n) is 5.00. The number of nitrogens with two attached hydrogens (primary N) is 1. The third-order valence-electron chi connectivity index (χ3n) is 3.57. The van der Waals surface area contributed by atoms with Crippen LogP contribution in [0.3, 0.4) is 0 Å². The summed E-state index contributed by atoms with van der Waals surface area (Å²) in [6, 6.07) is 1.94. The number of hydrogen-bond acceptors (Lipinski definition) is 5. The van der Waals surface area contributed by atoms with Crippen molar-refractivity contribution >= 4 is 11.8 Å². The summed E-state index contributed by atoms with van der Waals surface area (Å²) in [5, 5.41) is 0. The number of piperazine rings is 1. The molecule has 1 aromatic heterocycles. The first kappa shape index (κ1) is 10.8. The molecule has 1 saturated carbocycles. The molecular formula is C12H19N5. The Kier molecular flexibility index (Phi) is 2.84. The van der Waals surface area contributed by atoms with Crippen LogP contribution < -0.4 is 10.6 Å². The Morgan fingerprint density at radius 3 is 2.65 bits per heavy atom. The zero-order valence-corrected chi connectivity index (χ0v) is 10.0. The first-order chi connectivity index (χ1) is 8.31. The van der Waals surface area contributed by atoms with Crippen molar-refractivity contribution in [3.8, 4) is 0 Å². The molecule has 0 unspecified atom stereocenters. The summed E-state index contributed by atoms with van der Waals surface area (Å²) in [6.45, 7) is 5.66. The van der Waals surface area contributed by atoms with Gasteiger partial charge in [-0.05, 0) is 24.8 Å². The van der Waals surface area contributed by atoms with E-state index < -0.39 is 0 Å². The molecular weight excluding hydrogens is 214 g/mol. The summed E-state index contributed by atoms with van der Waals surface area (Å²) in [6.07, 6.45) is 4.60. The Balaban J connectivity index is 1.56. The van der Waals surface area contributed by atoms with Gasteiger partial charge in [-0.15, -0.1) is 0 Å². The van der Waals surface area contributed by atoms with Crippen LogP contribution in [0, 0.1) is 5.92 Å². The van der Waals surface area contributed by atoms with Gasteiger partial charge in [0, 0.05) is 38.9 Å². The SMILES string of the molecule is Nc1nccc(N2CCN(CC3CC3)CC2)n1. The Labute approximate surface area is 102 Å². The molecule has 1 aliphatic heterocycles. The Bertz CT molecular complexity index is 382. The van der Waals surface area contributed by atoms with E-state index in [2.05, 4.69) is 19.8 Å². The third-order valence-corrected chi connectivity index (χ3v) is 3.57. The first-order valence-electron chi connectivity index (χ1n) is 6.37.